The van der Waals surface area contributed by atoms with Crippen LogP contribution < -0.4 is 16.2 Å². The van der Waals surface area contributed by atoms with Crippen LogP contribution in [0, 0.1) is 6.92 Å². The Morgan fingerprint density at radius 1 is 0.968 bits per heavy atom. The summed E-state index contributed by atoms with van der Waals surface area (Å²) in [5.74, 6) is -0.812. The molecule has 0 unspecified atom stereocenters. The highest BCUT2D eigenvalue weighted by atomic mass is 16.2. The summed E-state index contributed by atoms with van der Waals surface area (Å²) < 4.78 is 3.17. The molecular formula is C24H28N4O3. The molecule has 3 rings (SSSR count). The molecule has 0 saturated carbocycles. The molecule has 162 valence electrons. The monoisotopic (exact) mass is 420 g/mol. The van der Waals surface area contributed by atoms with Crippen molar-refractivity contribution in [3.8, 4) is 5.69 Å². The quantitative estimate of drug-likeness (QED) is 0.665. The van der Waals surface area contributed by atoms with Crippen molar-refractivity contribution in [3.63, 3.8) is 0 Å². The van der Waals surface area contributed by atoms with Crippen molar-refractivity contribution in [1.82, 2.24) is 14.7 Å². The summed E-state index contributed by atoms with van der Waals surface area (Å²) in [4.78, 5) is 37.6. The first kappa shape index (κ1) is 22.1. The number of carbonyl (C=O) groups is 2. The Hall–Kier alpha value is -3.61. The molecule has 2 N–H and O–H groups in total. The van der Waals surface area contributed by atoms with Crippen LogP contribution in [0.2, 0.25) is 0 Å². The molecule has 0 bridgehead atoms. The Labute approximate surface area is 181 Å². The molecule has 3 aromatic rings. The highest BCUT2D eigenvalue weighted by Crippen LogP contribution is 2.22. The van der Waals surface area contributed by atoms with Crippen molar-refractivity contribution in [2.75, 3.05) is 11.9 Å². The van der Waals surface area contributed by atoms with Gasteiger partial charge >= 0.3 is 0 Å². The highest BCUT2D eigenvalue weighted by Gasteiger charge is 2.19. The predicted octanol–water partition coefficient (Wildman–Crippen LogP) is 3.15. The molecule has 1 aromatic heterocycles. The number of carbonyl (C=O) groups excluding carboxylic acids is 2. The summed E-state index contributed by atoms with van der Waals surface area (Å²) in [6, 6.07) is 16.5. The van der Waals surface area contributed by atoms with Gasteiger partial charge in [0.1, 0.15) is 5.69 Å². The van der Waals surface area contributed by atoms with Gasteiger partial charge in [0, 0.05) is 12.6 Å². The van der Waals surface area contributed by atoms with Gasteiger partial charge in [0.25, 0.3) is 11.5 Å². The van der Waals surface area contributed by atoms with Gasteiger partial charge in [0.05, 0.1) is 17.9 Å². The average Bonchev–Trinajstić information content (AvgIpc) is 2.95. The van der Waals surface area contributed by atoms with Crippen molar-refractivity contribution >= 4 is 17.5 Å². The molecule has 0 atom stereocenters. The summed E-state index contributed by atoms with van der Waals surface area (Å²) in [7, 11) is 1.75. The number of aromatic nitrogens is 2. The van der Waals surface area contributed by atoms with Crippen molar-refractivity contribution in [3.05, 3.63) is 81.8 Å². The third kappa shape index (κ3) is 4.77. The smallest absolute Gasteiger partial charge is 0.295 e. The molecule has 0 aliphatic rings. The van der Waals surface area contributed by atoms with Crippen LogP contribution in [-0.4, -0.2) is 27.7 Å². The summed E-state index contributed by atoms with van der Waals surface area (Å²) in [5.41, 5.74) is 2.77. The van der Waals surface area contributed by atoms with Crippen molar-refractivity contribution in [2.24, 2.45) is 7.05 Å². The van der Waals surface area contributed by atoms with Crippen LogP contribution in [0.5, 0.6) is 0 Å². The van der Waals surface area contributed by atoms with E-state index in [1.807, 2.05) is 42.5 Å². The van der Waals surface area contributed by atoms with Crippen LogP contribution in [-0.2, 0) is 17.3 Å². The van der Waals surface area contributed by atoms with Gasteiger partial charge in [-0.2, -0.15) is 0 Å². The zero-order chi connectivity index (χ0) is 22.8. The minimum absolute atomic E-state index is 0.00487. The topological polar surface area (TPSA) is 85.1 Å². The number of hydrogen-bond donors (Lipinski definition) is 2. The largest absolute Gasteiger partial charge is 0.343 e. The van der Waals surface area contributed by atoms with E-state index in [1.54, 1.807) is 30.8 Å². The lowest BCUT2D eigenvalue weighted by molar-refractivity contribution is -0.115. The fourth-order valence-electron chi connectivity index (χ4n) is 3.28. The van der Waals surface area contributed by atoms with Gasteiger partial charge in [-0.3, -0.25) is 19.1 Å². The van der Waals surface area contributed by atoms with Crippen molar-refractivity contribution < 1.29 is 9.59 Å². The maximum Gasteiger partial charge on any atom is 0.295 e. The van der Waals surface area contributed by atoms with Gasteiger partial charge in [-0.15, -0.1) is 0 Å². The molecule has 31 heavy (non-hydrogen) atoms. The van der Waals surface area contributed by atoms with Gasteiger partial charge in [0.2, 0.25) is 5.91 Å². The molecule has 7 nitrogen and oxygen atoms in total. The second kappa shape index (κ2) is 8.63. The normalized spacial score (nSPS) is 11.3. The lowest BCUT2D eigenvalue weighted by Crippen LogP contribution is -2.34. The van der Waals surface area contributed by atoms with E-state index in [2.05, 4.69) is 31.4 Å². The van der Waals surface area contributed by atoms with E-state index < -0.39 is 5.91 Å². The van der Waals surface area contributed by atoms with Gasteiger partial charge in [-0.1, -0.05) is 51.1 Å². The Morgan fingerprint density at radius 2 is 1.58 bits per heavy atom. The maximum atomic E-state index is 12.9. The fraction of sp³-hybridized carbons (Fsp3) is 0.292. The van der Waals surface area contributed by atoms with E-state index in [0.29, 0.717) is 16.9 Å². The molecular weight excluding hydrogens is 392 g/mol. The summed E-state index contributed by atoms with van der Waals surface area (Å²) in [5, 5.41) is 5.24. The van der Waals surface area contributed by atoms with Crippen LogP contribution >= 0.6 is 0 Å². The number of amides is 2. The molecule has 0 spiro atoms. The van der Waals surface area contributed by atoms with Crippen molar-refractivity contribution in [2.45, 2.75) is 33.1 Å². The Morgan fingerprint density at radius 3 is 2.16 bits per heavy atom. The zero-order valence-electron chi connectivity index (χ0n) is 18.5. The lowest BCUT2D eigenvalue weighted by Gasteiger charge is -2.19. The van der Waals surface area contributed by atoms with E-state index in [-0.39, 0.29) is 29.1 Å². The number of rotatable bonds is 5. The summed E-state index contributed by atoms with van der Waals surface area (Å²) >= 11 is 0. The van der Waals surface area contributed by atoms with Crippen molar-refractivity contribution in [1.29, 1.82) is 0 Å². The molecule has 1 heterocycles. The maximum absolute atomic E-state index is 12.9. The lowest BCUT2D eigenvalue weighted by atomic mass is 9.87. The fourth-order valence-corrected chi connectivity index (χ4v) is 3.28. The summed E-state index contributed by atoms with van der Waals surface area (Å²) in [6.45, 7) is 7.82. The Bertz CT molecular complexity index is 1150. The molecule has 0 saturated heterocycles. The van der Waals surface area contributed by atoms with E-state index >= 15 is 0 Å². The number of nitrogens with one attached hydrogen (secondary N) is 2. The molecule has 0 aliphatic heterocycles. The minimum atomic E-state index is -0.467. The van der Waals surface area contributed by atoms with Crippen LogP contribution in [0.1, 0.15) is 42.4 Å². The molecule has 7 heteroatoms. The van der Waals surface area contributed by atoms with Gasteiger partial charge in [0.15, 0.2) is 0 Å². The number of anilines is 1. The first-order chi connectivity index (χ1) is 14.6. The predicted molar refractivity (Wildman–Crippen MR) is 122 cm³/mol. The molecule has 0 aliphatic carbocycles. The molecule has 2 amide bonds. The highest BCUT2D eigenvalue weighted by molar-refractivity contribution is 5.99. The second-order valence-corrected chi connectivity index (χ2v) is 8.49. The first-order valence-corrected chi connectivity index (χ1v) is 10.1. The Balaban J connectivity index is 1.68. The minimum Gasteiger partial charge on any atom is -0.343 e. The van der Waals surface area contributed by atoms with Crippen LogP contribution in [0.15, 0.2) is 59.4 Å². The van der Waals surface area contributed by atoms with Crippen LogP contribution in [0.25, 0.3) is 5.69 Å². The van der Waals surface area contributed by atoms with Crippen LogP contribution in [0.4, 0.5) is 5.69 Å². The van der Waals surface area contributed by atoms with Gasteiger partial charge in [-0.05, 0) is 42.2 Å². The second-order valence-electron chi connectivity index (χ2n) is 8.49. The summed E-state index contributed by atoms with van der Waals surface area (Å²) in [6.07, 6.45) is 0. The van der Waals surface area contributed by atoms with E-state index in [0.717, 1.165) is 5.56 Å². The number of para-hydroxylation sites is 1. The molecule has 0 fully saturated rings. The zero-order valence-corrected chi connectivity index (χ0v) is 18.5. The number of hydrogen-bond acceptors (Lipinski definition) is 3. The first-order valence-electron chi connectivity index (χ1n) is 10.1. The number of nitrogens with zero attached hydrogens (tertiary/aromatic N) is 2. The van der Waals surface area contributed by atoms with E-state index in [9.17, 15) is 14.4 Å². The third-order valence-corrected chi connectivity index (χ3v) is 5.24. The van der Waals surface area contributed by atoms with Gasteiger partial charge < -0.3 is 10.6 Å². The SMILES string of the molecule is Cc1c(NC(=O)CNC(=O)c2ccc(C(C)(C)C)cc2)c(=O)n(-c2ccccc2)n1C. The van der Waals surface area contributed by atoms with Gasteiger partial charge in [-0.25, -0.2) is 4.68 Å². The van der Waals surface area contributed by atoms with Crippen LogP contribution in [0.3, 0.4) is 0 Å². The number of benzene rings is 2. The standard InChI is InChI=1S/C24H28N4O3/c1-16-21(23(31)28(27(16)5)19-9-7-6-8-10-19)26-20(29)15-25-22(30)17-11-13-18(14-12-17)24(2,3)4/h6-14H,15H2,1-5H3,(H,25,30)(H,26,29). The molecule has 0 radical (unpaired) electrons. The van der Waals surface area contributed by atoms with E-state index in [1.165, 1.54) is 4.68 Å². The third-order valence-electron chi connectivity index (χ3n) is 5.24. The average molecular weight is 421 g/mol. The Kier molecular flexibility index (Phi) is 6.15. The molecule has 2 aromatic carbocycles. The van der Waals surface area contributed by atoms with E-state index in [4.69, 9.17) is 0 Å².